The highest BCUT2D eigenvalue weighted by atomic mass is 32.2. The maximum atomic E-state index is 11.9. The summed E-state index contributed by atoms with van der Waals surface area (Å²) in [7, 11) is -0.781. The Kier molecular flexibility index (Phi) is 4.49. The highest BCUT2D eigenvalue weighted by Gasteiger charge is 2.25. The van der Waals surface area contributed by atoms with Gasteiger partial charge in [0.15, 0.2) is 5.76 Å². The lowest BCUT2D eigenvalue weighted by Gasteiger charge is -2.09. The normalized spacial score (nSPS) is 11.8. The number of carbonyl (C=O) groups excluding carboxylic acids is 1. The predicted molar refractivity (Wildman–Crippen MR) is 65.7 cm³/mol. The Morgan fingerprint density at radius 1 is 1.50 bits per heavy atom. The SMILES string of the molecule is Cc1oc(C(=O)NCCN)cc1S(=O)(=O)N(C)C. The summed E-state index contributed by atoms with van der Waals surface area (Å²) in [5.41, 5.74) is 5.25. The average molecular weight is 275 g/mol. The van der Waals surface area contributed by atoms with Crippen LogP contribution in [0.4, 0.5) is 0 Å². The number of amides is 1. The second-order valence-corrected chi connectivity index (χ2v) is 5.98. The molecule has 1 heterocycles. The monoisotopic (exact) mass is 275 g/mol. The Bertz CT molecular complexity index is 533. The average Bonchev–Trinajstić information content (AvgIpc) is 2.68. The minimum atomic E-state index is -3.61. The summed E-state index contributed by atoms with van der Waals surface area (Å²) in [6.45, 7) is 2.10. The molecule has 102 valence electrons. The van der Waals surface area contributed by atoms with Crippen LogP contribution in [0.2, 0.25) is 0 Å². The Labute approximate surface area is 106 Å². The zero-order valence-corrected chi connectivity index (χ0v) is 11.4. The Hall–Kier alpha value is -1.38. The summed E-state index contributed by atoms with van der Waals surface area (Å²) >= 11 is 0. The van der Waals surface area contributed by atoms with Crippen molar-refractivity contribution < 1.29 is 17.6 Å². The maximum Gasteiger partial charge on any atom is 0.287 e. The van der Waals surface area contributed by atoms with Crippen molar-refractivity contribution in [2.45, 2.75) is 11.8 Å². The Balaban J connectivity index is 3.06. The van der Waals surface area contributed by atoms with Crippen molar-refractivity contribution in [3.63, 3.8) is 0 Å². The smallest absolute Gasteiger partial charge is 0.287 e. The minimum absolute atomic E-state index is 0.00889. The molecule has 0 radical (unpaired) electrons. The standard InChI is InChI=1S/C10H17N3O4S/c1-7-9(18(15,16)13(2)3)6-8(17-7)10(14)12-5-4-11/h6H,4-5,11H2,1-3H3,(H,12,14). The molecule has 1 aromatic rings. The zero-order chi connectivity index (χ0) is 13.9. The van der Waals surface area contributed by atoms with E-state index >= 15 is 0 Å². The molecule has 0 unspecified atom stereocenters. The van der Waals surface area contributed by atoms with Gasteiger partial charge in [0.2, 0.25) is 10.0 Å². The number of rotatable bonds is 5. The number of carbonyl (C=O) groups is 1. The number of hydrogen-bond donors (Lipinski definition) is 2. The van der Waals surface area contributed by atoms with Crippen LogP contribution in [0.5, 0.6) is 0 Å². The van der Waals surface area contributed by atoms with Gasteiger partial charge in [0.1, 0.15) is 10.7 Å². The van der Waals surface area contributed by atoms with Gasteiger partial charge in [-0.3, -0.25) is 4.79 Å². The lowest BCUT2D eigenvalue weighted by atomic mass is 10.4. The van der Waals surface area contributed by atoms with Gasteiger partial charge in [-0.25, -0.2) is 12.7 Å². The Morgan fingerprint density at radius 3 is 2.61 bits per heavy atom. The van der Waals surface area contributed by atoms with Gasteiger partial charge in [0.05, 0.1) is 0 Å². The molecule has 1 rings (SSSR count). The lowest BCUT2D eigenvalue weighted by molar-refractivity contribution is 0.0926. The van der Waals surface area contributed by atoms with Crippen molar-refractivity contribution >= 4 is 15.9 Å². The van der Waals surface area contributed by atoms with Crippen LogP contribution >= 0.6 is 0 Å². The summed E-state index contributed by atoms with van der Waals surface area (Å²) in [6, 6.07) is 1.22. The number of hydrogen-bond acceptors (Lipinski definition) is 5. The van der Waals surface area contributed by atoms with Crippen molar-refractivity contribution in [3.8, 4) is 0 Å². The molecule has 18 heavy (non-hydrogen) atoms. The molecule has 0 saturated carbocycles. The van der Waals surface area contributed by atoms with Crippen LogP contribution in [-0.4, -0.2) is 45.8 Å². The molecule has 7 nitrogen and oxygen atoms in total. The molecule has 8 heteroatoms. The van der Waals surface area contributed by atoms with E-state index in [2.05, 4.69) is 5.32 Å². The summed E-state index contributed by atoms with van der Waals surface area (Å²) < 4.78 is 30.0. The number of nitrogens with one attached hydrogen (secondary N) is 1. The molecule has 0 saturated heterocycles. The van der Waals surface area contributed by atoms with Gasteiger partial charge in [0, 0.05) is 33.3 Å². The van der Waals surface area contributed by atoms with Gasteiger partial charge in [-0.2, -0.15) is 0 Å². The third-order valence-corrected chi connectivity index (χ3v) is 4.21. The minimum Gasteiger partial charge on any atom is -0.455 e. The second-order valence-electron chi connectivity index (χ2n) is 3.86. The van der Waals surface area contributed by atoms with Crippen molar-refractivity contribution in [1.29, 1.82) is 0 Å². The van der Waals surface area contributed by atoms with E-state index in [1.165, 1.54) is 27.1 Å². The molecule has 0 aliphatic rings. The molecule has 0 atom stereocenters. The number of furan rings is 1. The van der Waals surface area contributed by atoms with Crippen LogP contribution in [0.15, 0.2) is 15.4 Å². The molecule has 0 aliphatic heterocycles. The lowest BCUT2D eigenvalue weighted by Crippen LogP contribution is -2.28. The van der Waals surface area contributed by atoms with E-state index in [0.717, 1.165) is 4.31 Å². The fraction of sp³-hybridized carbons (Fsp3) is 0.500. The largest absolute Gasteiger partial charge is 0.455 e. The van der Waals surface area contributed by atoms with Crippen molar-refractivity contribution in [2.24, 2.45) is 5.73 Å². The summed E-state index contributed by atoms with van der Waals surface area (Å²) in [5.74, 6) is -0.341. The van der Waals surface area contributed by atoms with Gasteiger partial charge in [0.25, 0.3) is 5.91 Å². The first kappa shape index (κ1) is 14.7. The van der Waals surface area contributed by atoms with Gasteiger partial charge >= 0.3 is 0 Å². The predicted octanol–water partition coefficient (Wildman–Crippen LogP) is -0.473. The fourth-order valence-electron chi connectivity index (χ4n) is 1.30. The quantitative estimate of drug-likeness (QED) is 0.755. The molecular weight excluding hydrogens is 258 g/mol. The third-order valence-electron chi connectivity index (χ3n) is 2.28. The highest BCUT2D eigenvalue weighted by Crippen LogP contribution is 2.22. The van der Waals surface area contributed by atoms with Gasteiger partial charge in [-0.1, -0.05) is 0 Å². The van der Waals surface area contributed by atoms with Crippen LogP contribution < -0.4 is 11.1 Å². The Morgan fingerprint density at radius 2 is 2.11 bits per heavy atom. The van der Waals surface area contributed by atoms with Crippen LogP contribution in [0.25, 0.3) is 0 Å². The van der Waals surface area contributed by atoms with Crippen LogP contribution in [-0.2, 0) is 10.0 Å². The van der Waals surface area contributed by atoms with E-state index in [1.807, 2.05) is 0 Å². The first-order valence-corrected chi connectivity index (χ1v) is 6.76. The molecule has 1 amide bonds. The number of aryl methyl sites for hydroxylation is 1. The molecule has 0 fully saturated rings. The van der Waals surface area contributed by atoms with E-state index in [1.54, 1.807) is 0 Å². The fourth-order valence-corrected chi connectivity index (χ4v) is 2.36. The number of nitrogens with zero attached hydrogens (tertiary/aromatic N) is 1. The maximum absolute atomic E-state index is 11.9. The van der Waals surface area contributed by atoms with E-state index in [9.17, 15) is 13.2 Å². The van der Waals surface area contributed by atoms with Gasteiger partial charge < -0.3 is 15.5 Å². The second kappa shape index (κ2) is 5.51. The van der Waals surface area contributed by atoms with E-state index in [-0.39, 0.29) is 16.4 Å². The van der Waals surface area contributed by atoms with Gasteiger partial charge in [-0.15, -0.1) is 0 Å². The van der Waals surface area contributed by atoms with Crippen molar-refractivity contribution in [3.05, 3.63) is 17.6 Å². The van der Waals surface area contributed by atoms with Crippen LogP contribution in [0, 0.1) is 6.92 Å². The summed E-state index contributed by atoms with van der Waals surface area (Å²) in [5, 5.41) is 2.50. The summed E-state index contributed by atoms with van der Waals surface area (Å²) in [6.07, 6.45) is 0. The zero-order valence-electron chi connectivity index (χ0n) is 10.6. The van der Waals surface area contributed by atoms with E-state index < -0.39 is 15.9 Å². The van der Waals surface area contributed by atoms with Crippen LogP contribution in [0.3, 0.4) is 0 Å². The van der Waals surface area contributed by atoms with Gasteiger partial charge in [-0.05, 0) is 6.92 Å². The third kappa shape index (κ3) is 2.89. The molecule has 0 bridgehead atoms. The van der Waals surface area contributed by atoms with Crippen molar-refractivity contribution in [2.75, 3.05) is 27.2 Å². The first-order chi connectivity index (χ1) is 8.30. The van der Waals surface area contributed by atoms with Crippen LogP contribution in [0.1, 0.15) is 16.3 Å². The van der Waals surface area contributed by atoms with Crippen molar-refractivity contribution in [1.82, 2.24) is 9.62 Å². The highest BCUT2D eigenvalue weighted by molar-refractivity contribution is 7.89. The number of nitrogens with two attached hydrogens (primary N) is 1. The summed E-state index contributed by atoms with van der Waals surface area (Å²) in [4.78, 5) is 11.6. The molecule has 0 spiro atoms. The topological polar surface area (TPSA) is 106 Å². The van der Waals surface area contributed by atoms with E-state index in [4.69, 9.17) is 10.2 Å². The molecule has 3 N–H and O–H groups in total. The molecule has 0 aromatic carbocycles. The molecule has 0 aliphatic carbocycles. The first-order valence-electron chi connectivity index (χ1n) is 5.32. The number of sulfonamides is 1. The molecular formula is C10H17N3O4S. The van der Waals surface area contributed by atoms with E-state index in [0.29, 0.717) is 13.1 Å². The molecule has 1 aromatic heterocycles.